The minimum Gasteiger partial charge on any atom is -0.368 e. The molecule has 0 radical (unpaired) electrons. The highest BCUT2D eigenvalue weighted by Gasteiger charge is 2.21. The fourth-order valence-corrected chi connectivity index (χ4v) is 5.26. The van der Waals surface area contributed by atoms with E-state index in [1.165, 1.54) is 0 Å². The van der Waals surface area contributed by atoms with Gasteiger partial charge in [0.2, 0.25) is 10.0 Å². The molecular weight excluding hydrogens is 467 g/mol. The zero-order valence-corrected chi connectivity index (χ0v) is 19.6. The summed E-state index contributed by atoms with van der Waals surface area (Å²) >= 11 is 6.34. The van der Waals surface area contributed by atoms with Crippen molar-refractivity contribution in [2.24, 2.45) is 0 Å². The Morgan fingerprint density at radius 2 is 1.97 bits per heavy atom. The first-order chi connectivity index (χ1) is 15.8. The molecule has 1 aromatic heterocycles. The smallest absolute Gasteiger partial charge is 0.232 e. The average Bonchev–Trinajstić information content (AvgIpc) is 2.80. The molecule has 1 fully saturated rings. The molecule has 0 amide bonds. The van der Waals surface area contributed by atoms with E-state index in [9.17, 15) is 17.6 Å². The number of hydrogen-bond donors (Lipinski definition) is 2. The van der Waals surface area contributed by atoms with E-state index in [2.05, 4.69) is 19.9 Å². The van der Waals surface area contributed by atoms with E-state index in [1.807, 2.05) is 12.3 Å². The maximum atomic E-state index is 14.3. The van der Waals surface area contributed by atoms with Crippen LogP contribution in [0.4, 0.5) is 15.8 Å². The summed E-state index contributed by atoms with van der Waals surface area (Å²) in [6, 6.07) is 8.98. The number of piperazine rings is 1. The monoisotopic (exact) mass is 490 g/mol. The Hall–Kier alpha value is -2.75. The van der Waals surface area contributed by atoms with Gasteiger partial charge in [0, 0.05) is 42.7 Å². The Morgan fingerprint density at radius 1 is 1.21 bits per heavy atom. The van der Waals surface area contributed by atoms with Gasteiger partial charge in [-0.3, -0.25) is 14.5 Å². The van der Waals surface area contributed by atoms with Crippen LogP contribution in [0.3, 0.4) is 0 Å². The molecule has 1 aliphatic rings. The summed E-state index contributed by atoms with van der Waals surface area (Å²) in [5.74, 6) is -1.42. The van der Waals surface area contributed by atoms with Crippen molar-refractivity contribution in [2.75, 3.05) is 41.6 Å². The van der Waals surface area contributed by atoms with Crippen molar-refractivity contribution in [1.29, 1.82) is 0 Å². The van der Waals surface area contributed by atoms with Crippen LogP contribution in [0.2, 0.25) is 5.02 Å². The van der Waals surface area contributed by atoms with Gasteiger partial charge in [0.05, 0.1) is 33.9 Å². The molecule has 7 nitrogen and oxygen atoms in total. The van der Waals surface area contributed by atoms with Gasteiger partial charge in [0.15, 0.2) is 5.78 Å². The zero-order valence-electron chi connectivity index (χ0n) is 18.1. The van der Waals surface area contributed by atoms with Crippen molar-refractivity contribution in [3.8, 4) is 0 Å². The number of nitrogens with zero attached hydrogens (tertiary/aromatic N) is 2. The van der Waals surface area contributed by atoms with Crippen LogP contribution < -0.4 is 14.9 Å². The Balaban J connectivity index is 1.69. The van der Waals surface area contributed by atoms with Crippen molar-refractivity contribution in [3.63, 3.8) is 0 Å². The highest BCUT2D eigenvalue weighted by Crippen LogP contribution is 2.31. The fourth-order valence-electron chi connectivity index (χ4n) is 3.83. The molecular formula is C23H24ClFN4O3S. The zero-order chi connectivity index (χ0) is 23.6. The molecule has 1 saturated heterocycles. The number of anilines is 2. The maximum Gasteiger partial charge on any atom is 0.232 e. The summed E-state index contributed by atoms with van der Waals surface area (Å²) in [6.07, 6.45) is 2.20. The standard InChI is InChI=1S/C23H24ClFN4O3S/c1-2-9-33(31,32)28-21-13-17(25)12-19(22(21)24)23(30)15-3-4-20-16(10-15)11-18(14-27-20)29-7-5-26-6-8-29/h3-4,10-14,26,28H,2,5-9H2,1H3. The Labute approximate surface area is 197 Å². The average molecular weight is 491 g/mol. The first-order valence-corrected chi connectivity index (χ1v) is 12.7. The number of rotatable bonds is 7. The molecule has 33 heavy (non-hydrogen) atoms. The molecule has 0 atom stereocenters. The van der Waals surface area contributed by atoms with Crippen molar-refractivity contribution < 1.29 is 17.6 Å². The molecule has 4 rings (SSSR count). The molecule has 0 bridgehead atoms. The summed E-state index contributed by atoms with van der Waals surface area (Å²) in [5, 5.41) is 3.93. The lowest BCUT2D eigenvalue weighted by Crippen LogP contribution is -2.43. The number of aromatic nitrogens is 1. The molecule has 2 heterocycles. The quantitative estimate of drug-likeness (QED) is 0.489. The second-order valence-corrected chi connectivity index (χ2v) is 10.1. The van der Waals surface area contributed by atoms with Crippen LogP contribution in [0, 0.1) is 5.82 Å². The molecule has 2 N–H and O–H groups in total. The molecule has 1 aliphatic heterocycles. The molecule has 10 heteroatoms. The third kappa shape index (κ3) is 5.26. The van der Waals surface area contributed by atoms with Gasteiger partial charge in [-0.15, -0.1) is 0 Å². The number of hydrogen-bond acceptors (Lipinski definition) is 6. The maximum absolute atomic E-state index is 14.3. The number of carbonyl (C=O) groups excluding carboxylic acids is 1. The third-order valence-corrected chi connectivity index (χ3v) is 7.32. The number of fused-ring (bicyclic) bond motifs is 1. The molecule has 0 aliphatic carbocycles. The van der Waals surface area contributed by atoms with Crippen LogP contribution in [0.5, 0.6) is 0 Å². The number of carbonyl (C=O) groups is 1. The van der Waals surface area contributed by atoms with Crippen molar-refractivity contribution >= 4 is 49.7 Å². The largest absolute Gasteiger partial charge is 0.368 e. The minimum absolute atomic E-state index is 0.114. The SMILES string of the molecule is CCCS(=O)(=O)Nc1cc(F)cc(C(=O)c2ccc3ncc(N4CCNCC4)cc3c2)c1Cl. The van der Waals surface area contributed by atoms with Gasteiger partial charge in [-0.05, 0) is 42.8 Å². The van der Waals surface area contributed by atoms with E-state index < -0.39 is 21.6 Å². The molecule has 0 spiro atoms. The molecule has 174 valence electrons. The van der Waals surface area contributed by atoms with Gasteiger partial charge in [-0.2, -0.15) is 0 Å². The van der Waals surface area contributed by atoms with E-state index >= 15 is 0 Å². The first-order valence-electron chi connectivity index (χ1n) is 10.7. The van der Waals surface area contributed by atoms with Crippen LogP contribution in [0.25, 0.3) is 10.9 Å². The van der Waals surface area contributed by atoms with Crippen LogP contribution in [0.15, 0.2) is 42.6 Å². The number of ketones is 1. The highest BCUT2D eigenvalue weighted by molar-refractivity contribution is 7.92. The molecule has 2 aromatic carbocycles. The van der Waals surface area contributed by atoms with Crippen LogP contribution in [-0.4, -0.2) is 51.1 Å². The van der Waals surface area contributed by atoms with Crippen LogP contribution >= 0.6 is 11.6 Å². The number of halogens is 2. The number of pyridine rings is 1. The van der Waals surface area contributed by atoms with Gasteiger partial charge in [-0.25, -0.2) is 12.8 Å². The van der Waals surface area contributed by atoms with Gasteiger partial charge < -0.3 is 10.2 Å². The Morgan fingerprint density at radius 3 is 2.70 bits per heavy atom. The normalized spacial score (nSPS) is 14.5. The van der Waals surface area contributed by atoms with Gasteiger partial charge >= 0.3 is 0 Å². The predicted molar refractivity (Wildman–Crippen MR) is 129 cm³/mol. The minimum atomic E-state index is -3.71. The third-order valence-electron chi connectivity index (χ3n) is 5.43. The van der Waals surface area contributed by atoms with Gasteiger partial charge in [0.1, 0.15) is 5.82 Å². The molecule has 0 saturated carbocycles. The number of nitrogens with one attached hydrogen (secondary N) is 2. The summed E-state index contributed by atoms with van der Waals surface area (Å²) in [5.41, 5.74) is 1.72. The topological polar surface area (TPSA) is 91.4 Å². The van der Waals surface area contributed by atoms with E-state index in [4.69, 9.17) is 11.6 Å². The number of sulfonamides is 1. The van der Waals surface area contributed by atoms with Crippen LogP contribution in [0.1, 0.15) is 29.3 Å². The number of benzene rings is 2. The second kappa shape index (κ2) is 9.62. The highest BCUT2D eigenvalue weighted by atomic mass is 35.5. The Bertz CT molecular complexity index is 1310. The van der Waals surface area contributed by atoms with Crippen molar-refractivity contribution in [1.82, 2.24) is 10.3 Å². The summed E-state index contributed by atoms with van der Waals surface area (Å²) in [7, 11) is -3.71. The van der Waals surface area contributed by atoms with E-state index in [0.717, 1.165) is 54.9 Å². The van der Waals surface area contributed by atoms with Gasteiger partial charge in [-0.1, -0.05) is 18.5 Å². The fraction of sp³-hybridized carbons (Fsp3) is 0.304. The Kier molecular flexibility index (Phi) is 6.83. The van der Waals surface area contributed by atoms with Crippen molar-refractivity contribution in [2.45, 2.75) is 13.3 Å². The van der Waals surface area contributed by atoms with Gasteiger partial charge in [0.25, 0.3) is 0 Å². The molecule has 3 aromatic rings. The lowest BCUT2D eigenvalue weighted by molar-refractivity contribution is 0.103. The molecule has 0 unspecified atom stereocenters. The van der Waals surface area contributed by atoms with E-state index in [0.29, 0.717) is 12.0 Å². The summed E-state index contributed by atoms with van der Waals surface area (Å²) in [4.78, 5) is 19.9. The lowest BCUT2D eigenvalue weighted by atomic mass is 10.0. The van der Waals surface area contributed by atoms with E-state index in [1.54, 1.807) is 25.1 Å². The second-order valence-electron chi connectivity index (χ2n) is 7.90. The predicted octanol–water partition coefficient (Wildman–Crippen LogP) is 3.82. The lowest BCUT2D eigenvalue weighted by Gasteiger charge is -2.29. The van der Waals surface area contributed by atoms with E-state index in [-0.39, 0.29) is 22.0 Å². The van der Waals surface area contributed by atoms with Crippen LogP contribution in [-0.2, 0) is 10.0 Å². The summed E-state index contributed by atoms with van der Waals surface area (Å²) in [6.45, 7) is 5.21. The summed E-state index contributed by atoms with van der Waals surface area (Å²) < 4.78 is 40.8. The van der Waals surface area contributed by atoms with Crippen molar-refractivity contribution in [3.05, 3.63) is 64.6 Å². The first kappa shape index (κ1) is 23.4.